The minimum Gasteiger partial charge on any atom is -0.444 e. The van der Waals surface area contributed by atoms with Gasteiger partial charge in [-0.15, -0.1) is 0 Å². The van der Waals surface area contributed by atoms with E-state index in [2.05, 4.69) is 15.3 Å². The second-order valence-electron chi connectivity index (χ2n) is 5.41. The number of nitrogens with zero attached hydrogens (tertiary/aromatic N) is 2. The van der Waals surface area contributed by atoms with Crippen LogP contribution in [0.5, 0.6) is 0 Å². The van der Waals surface area contributed by atoms with Gasteiger partial charge in [-0.05, 0) is 45.0 Å². The maximum absolute atomic E-state index is 11.3. The van der Waals surface area contributed by atoms with Crippen LogP contribution in [0.2, 0.25) is 10.3 Å². The number of ether oxygens (including phenoxy) is 1. The van der Waals surface area contributed by atoms with Crippen molar-refractivity contribution < 1.29 is 9.53 Å². The predicted molar refractivity (Wildman–Crippen MR) is 92.8 cm³/mol. The molecule has 0 unspecified atom stereocenters. The first-order valence-electron chi connectivity index (χ1n) is 6.64. The molecule has 23 heavy (non-hydrogen) atoms. The molecule has 0 bridgehead atoms. The molecule has 1 amide bonds. The molecule has 3 N–H and O–H groups in total. The average Bonchev–Trinajstić information content (AvgIpc) is 2.43. The van der Waals surface area contributed by atoms with Gasteiger partial charge in [-0.25, -0.2) is 14.8 Å². The Kier molecular flexibility index (Phi) is 7.06. The molecule has 0 saturated carbocycles. The number of amides is 1. The van der Waals surface area contributed by atoms with Crippen LogP contribution in [0.4, 0.5) is 16.2 Å². The third-order valence-corrected chi connectivity index (χ3v) is 2.57. The van der Waals surface area contributed by atoms with Gasteiger partial charge in [0.15, 0.2) is 0 Å². The number of carbonyl (C=O) groups excluding carboxylic acids is 1. The minimum atomic E-state index is -0.510. The summed E-state index contributed by atoms with van der Waals surface area (Å²) in [7, 11) is 0. The summed E-state index contributed by atoms with van der Waals surface area (Å²) in [6.07, 6.45) is 2.47. The summed E-state index contributed by atoms with van der Waals surface area (Å²) in [5, 5.41) is 3.39. The first-order valence-corrected chi connectivity index (χ1v) is 7.40. The maximum atomic E-state index is 11.3. The molecule has 0 saturated heterocycles. The number of nitrogens with one attached hydrogen (secondary N) is 1. The van der Waals surface area contributed by atoms with Gasteiger partial charge in [0.1, 0.15) is 15.9 Å². The number of nitrogens with two attached hydrogens (primary N) is 1. The molecule has 0 spiro atoms. The summed E-state index contributed by atoms with van der Waals surface area (Å²) in [6.45, 7) is 5.39. The van der Waals surface area contributed by atoms with E-state index in [1.807, 2.05) is 0 Å². The van der Waals surface area contributed by atoms with E-state index in [-0.39, 0.29) is 0 Å². The Balaban J connectivity index is 0.000000277. The molecule has 0 atom stereocenters. The molecule has 2 aromatic rings. The van der Waals surface area contributed by atoms with Crippen LogP contribution in [-0.2, 0) is 4.74 Å². The SMILES string of the molecule is CC(C)(C)OC(=O)Nc1ccc(Cl)nc1.Nc1ccc(Cl)nc1. The van der Waals surface area contributed by atoms with Crippen LogP contribution >= 0.6 is 23.2 Å². The normalized spacial score (nSPS) is 10.3. The maximum Gasteiger partial charge on any atom is 0.412 e. The van der Waals surface area contributed by atoms with E-state index in [0.29, 0.717) is 21.7 Å². The van der Waals surface area contributed by atoms with E-state index in [1.165, 1.54) is 12.4 Å². The van der Waals surface area contributed by atoms with Crippen molar-refractivity contribution in [2.75, 3.05) is 11.1 Å². The third-order valence-electron chi connectivity index (χ3n) is 2.12. The van der Waals surface area contributed by atoms with Gasteiger partial charge in [-0.3, -0.25) is 5.32 Å². The van der Waals surface area contributed by atoms with Crippen LogP contribution in [0.3, 0.4) is 0 Å². The molecule has 0 radical (unpaired) electrons. The fourth-order valence-corrected chi connectivity index (χ4v) is 1.48. The standard InChI is InChI=1S/C10H13ClN2O2.C5H5ClN2/c1-10(2,3)15-9(14)13-7-4-5-8(11)12-6-7;6-5-2-1-4(7)3-8-5/h4-6H,1-3H3,(H,13,14);1-3H,7H2. The lowest BCUT2D eigenvalue weighted by Crippen LogP contribution is -2.27. The van der Waals surface area contributed by atoms with E-state index in [0.717, 1.165) is 0 Å². The number of rotatable bonds is 1. The van der Waals surface area contributed by atoms with Crippen LogP contribution in [0.15, 0.2) is 36.7 Å². The van der Waals surface area contributed by atoms with Gasteiger partial charge < -0.3 is 10.5 Å². The Bertz CT molecular complexity index is 604. The van der Waals surface area contributed by atoms with Crippen LogP contribution in [0.25, 0.3) is 0 Å². The monoisotopic (exact) mass is 356 g/mol. The number of anilines is 2. The summed E-state index contributed by atoms with van der Waals surface area (Å²) in [4.78, 5) is 18.9. The second kappa shape index (κ2) is 8.55. The quantitative estimate of drug-likeness (QED) is 0.739. The van der Waals surface area contributed by atoms with Gasteiger partial charge in [-0.2, -0.15) is 0 Å². The van der Waals surface area contributed by atoms with E-state index in [4.69, 9.17) is 33.7 Å². The first kappa shape index (κ1) is 19.0. The Morgan fingerprint density at radius 1 is 1.09 bits per heavy atom. The van der Waals surface area contributed by atoms with Gasteiger partial charge in [0.05, 0.1) is 23.8 Å². The molecule has 0 aliphatic heterocycles. The fraction of sp³-hybridized carbons (Fsp3) is 0.267. The highest BCUT2D eigenvalue weighted by molar-refractivity contribution is 6.29. The van der Waals surface area contributed by atoms with Crippen molar-refractivity contribution in [2.45, 2.75) is 26.4 Å². The molecule has 0 aliphatic carbocycles. The Hall–Kier alpha value is -2.05. The molecule has 0 aliphatic rings. The third kappa shape index (κ3) is 8.85. The topological polar surface area (TPSA) is 90.1 Å². The van der Waals surface area contributed by atoms with Gasteiger partial charge in [0.2, 0.25) is 0 Å². The Morgan fingerprint density at radius 3 is 2.04 bits per heavy atom. The summed E-state index contributed by atoms with van der Waals surface area (Å²) < 4.78 is 5.06. The molecule has 8 heteroatoms. The average molecular weight is 357 g/mol. The summed E-state index contributed by atoms with van der Waals surface area (Å²) in [6, 6.07) is 6.60. The van der Waals surface area contributed by atoms with Crippen molar-refractivity contribution in [1.82, 2.24) is 9.97 Å². The zero-order valence-corrected chi connectivity index (χ0v) is 14.5. The van der Waals surface area contributed by atoms with Crippen molar-refractivity contribution in [2.24, 2.45) is 0 Å². The van der Waals surface area contributed by atoms with Crippen LogP contribution in [0, 0.1) is 0 Å². The second-order valence-corrected chi connectivity index (χ2v) is 6.19. The summed E-state index contributed by atoms with van der Waals surface area (Å²) in [5.41, 5.74) is 5.98. The smallest absolute Gasteiger partial charge is 0.412 e. The number of nitrogen functional groups attached to an aromatic ring is 1. The number of halogens is 2. The van der Waals surface area contributed by atoms with Gasteiger partial charge >= 0.3 is 6.09 Å². The van der Waals surface area contributed by atoms with Crippen LogP contribution < -0.4 is 11.1 Å². The molecular formula is C15H18Cl2N4O2. The largest absolute Gasteiger partial charge is 0.444 e. The van der Waals surface area contributed by atoms with Gasteiger partial charge in [0, 0.05) is 0 Å². The van der Waals surface area contributed by atoms with Crippen molar-refractivity contribution in [1.29, 1.82) is 0 Å². The van der Waals surface area contributed by atoms with Crippen LogP contribution in [0.1, 0.15) is 20.8 Å². The molecule has 0 fully saturated rings. The predicted octanol–water partition coefficient (Wildman–Crippen LogP) is 4.40. The van der Waals surface area contributed by atoms with Gasteiger partial charge in [0.25, 0.3) is 0 Å². The van der Waals surface area contributed by atoms with E-state index in [9.17, 15) is 4.79 Å². The molecule has 6 nitrogen and oxygen atoms in total. The molecule has 2 rings (SSSR count). The highest BCUT2D eigenvalue weighted by Gasteiger charge is 2.16. The number of hydrogen-bond acceptors (Lipinski definition) is 5. The molecule has 2 aromatic heterocycles. The zero-order chi connectivity index (χ0) is 17.5. The molecule has 0 aromatic carbocycles. The number of pyridine rings is 2. The lowest BCUT2D eigenvalue weighted by atomic mass is 10.2. The van der Waals surface area contributed by atoms with E-state index >= 15 is 0 Å². The zero-order valence-electron chi connectivity index (χ0n) is 13.0. The molecular weight excluding hydrogens is 339 g/mol. The van der Waals surface area contributed by atoms with E-state index < -0.39 is 11.7 Å². The number of hydrogen-bond donors (Lipinski definition) is 2. The lowest BCUT2D eigenvalue weighted by Gasteiger charge is -2.19. The molecule has 124 valence electrons. The van der Waals surface area contributed by atoms with Crippen molar-refractivity contribution in [3.63, 3.8) is 0 Å². The van der Waals surface area contributed by atoms with Gasteiger partial charge in [-0.1, -0.05) is 23.2 Å². The Morgan fingerprint density at radius 2 is 1.65 bits per heavy atom. The number of aromatic nitrogens is 2. The Labute approximate surface area is 145 Å². The summed E-state index contributed by atoms with van der Waals surface area (Å²) >= 11 is 11.0. The highest BCUT2D eigenvalue weighted by atomic mass is 35.5. The van der Waals surface area contributed by atoms with E-state index in [1.54, 1.807) is 45.0 Å². The lowest BCUT2D eigenvalue weighted by molar-refractivity contribution is 0.0636. The minimum absolute atomic E-state index is 0.379. The first-order chi connectivity index (χ1) is 10.7. The highest BCUT2D eigenvalue weighted by Crippen LogP contribution is 2.12. The van der Waals surface area contributed by atoms with Crippen molar-refractivity contribution >= 4 is 40.7 Å². The van der Waals surface area contributed by atoms with Crippen molar-refractivity contribution in [3.05, 3.63) is 47.0 Å². The number of carbonyl (C=O) groups is 1. The van der Waals surface area contributed by atoms with Crippen LogP contribution in [-0.4, -0.2) is 21.7 Å². The van der Waals surface area contributed by atoms with Crippen molar-refractivity contribution in [3.8, 4) is 0 Å². The summed E-state index contributed by atoms with van der Waals surface area (Å²) in [5.74, 6) is 0. The molecule has 2 heterocycles. The fourth-order valence-electron chi connectivity index (χ4n) is 1.26.